The fourth-order valence-corrected chi connectivity index (χ4v) is 4.20. The van der Waals surface area contributed by atoms with Crippen LogP contribution in [0.15, 0.2) is 53.7 Å². The quantitative estimate of drug-likeness (QED) is 0.622. The maximum atomic E-state index is 12.8. The van der Waals surface area contributed by atoms with Gasteiger partial charge in [-0.15, -0.1) is 11.8 Å². The van der Waals surface area contributed by atoms with Gasteiger partial charge < -0.3 is 14.6 Å². The van der Waals surface area contributed by atoms with Crippen molar-refractivity contribution >= 4 is 28.6 Å². The smallest absolute Gasteiger partial charge is 0.416 e. The van der Waals surface area contributed by atoms with E-state index in [1.54, 1.807) is 4.90 Å². The lowest BCUT2D eigenvalue weighted by molar-refractivity contribution is -0.137. The third-order valence-electron chi connectivity index (χ3n) is 4.75. The fraction of sp³-hybridized carbons (Fsp3) is 0.300. The summed E-state index contributed by atoms with van der Waals surface area (Å²) in [7, 11) is 0. The molecule has 3 aromatic rings. The first-order valence-corrected chi connectivity index (χ1v) is 10.1. The van der Waals surface area contributed by atoms with Crippen LogP contribution in [-0.4, -0.2) is 45.7 Å². The summed E-state index contributed by atoms with van der Waals surface area (Å²) >= 11 is 1.46. The highest BCUT2D eigenvalue weighted by Gasteiger charge is 2.32. The molecule has 1 unspecified atom stereocenters. The molecule has 0 aliphatic carbocycles. The number of amides is 1. The van der Waals surface area contributed by atoms with Gasteiger partial charge in [0.05, 0.1) is 17.9 Å². The van der Waals surface area contributed by atoms with Crippen molar-refractivity contribution < 1.29 is 22.7 Å². The summed E-state index contributed by atoms with van der Waals surface area (Å²) in [5.41, 5.74) is 0.217. The Morgan fingerprint density at radius 2 is 2.14 bits per heavy atom. The number of alkyl halides is 3. The molecule has 1 N–H and O–H groups in total. The van der Waals surface area contributed by atoms with Crippen molar-refractivity contribution in [1.29, 1.82) is 0 Å². The van der Waals surface area contributed by atoms with E-state index in [1.807, 2.05) is 30.5 Å². The number of fused-ring (bicyclic) bond motifs is 1. The first kappa shape index (κ1) is 19.6. The highest BCUT2D eigenvalue weighted by Crippen LogP contribution is 2.31. The fourth-order valence-electron chi connectivity index (χ4n) is 3.27. The molecule has 1 amide bonds. The second-order valence-corrected chi connectivity index (χ2v) is 7.75. The number of hydrogen-bond donors (Lipinski definition) is 1. The number of benzene rings is 1. The molecule has 9 heteroatoms. The van der Waals surface area contributed by atoms with Crippen LogP contribution < -0.4 is 4.74 Å². The van der Waals surface area contributed by atoms with Crippen molar-refractivity contribution in [2.45, 2.75) is 23.6 Å². The van der Waals surface area contributed by atoms with Gasteiger partial charge in [0.1, 0.15) is 6.10 Å². The van der Waals surface area contributed by atoms with Crippen LogP contribution in [0.3, 0.4) is 0 Å². The molecule has 1 saturated heterocycles. The van der Waals surface area contributed by atoms with Gasteiger partial charge in [-0.1, -0.05) is 18.2 Å². The van der Waals surface area contributed by atoms with Crippen LogP contribution in [-0.2, 0) is 11.0 Å². The lowest BCUT2D eigenvalue weighted by Gasteiger charge is -2.17. The Morgan fingerprint density at radius 3 is 2.97 bits per heavy atom. The van der Waals surface area contributed by atoms with E-state index in [2.05, 4.69) is 9.97 Å². The number of para-hydroxylation sites is 1. The van der Waals surface area contributed by atoms with Crippen LogP contribution >= 0.6 is 11.8 Å². The van der Waals surface area contributed by atoms with Gasteiger partial charge in [0.2, 0.25) is 11.8 Å². The third kappa shape index (κ3) is 4.50. The van der Waals surface area contributed by atoms with Gasteiger partial charge in [-0.05, 0) is 12.1 Å². The van der Waals surface area contributed by atoms with Gasteiger partial charge in [-0.2, -0.15) is 13.2 Å². The summed E-state index contributed by atoms with van der Waals surface area (Å²) in [5, 5.41) is 1.07. The number of pyridine rings is 1. The number of nitrogens with one attached hydrogen (secondary N) is 1. The molecule has 4 rings (SSSR count). The van der Waals surface area contributed by atoms with E-state index < -0.39 is 11.7 Å². The Bertz CT molecular complexity index is 1020. The van der Waals surface area contributed by atoms with Gasteiger partial charge in [-0.25, -0.2) is 4.98 Å². The summed E-state index contributed by atoms with van der Waals surface area (Å²) < 4.78 is 44.0. The van der Waals surface area contributed by atoms with Crippen molar-refractivity contribution in [3.05, 3.63) is 54.4 Å². The van der Waals surface area contributed by atoms with Crippen LogP contribution in [0.25, 0.3) is 10.9 Å². The minimum absolute atomic E-state index is 0.0246. The van der Waals surface area contributed by atoms with Crippen LogP contribution in [0.5, 0.6) is 5.88 Å². The summed E-state index contributed by atoms with van der Waals surface area (Å²) in [5.74, 6) is 0.187. The van der Waals surface area contributed by atoms with E-state index in [0.29, 0.717) is 19.5 Å². The molecule has 0 spiro atoms. The van der Waals surface area contributed by atoms with Gasteiger partial charge in [0.15, 0.2) is 0 Å². The van der Waals surface area contributed by atoms with E-state index in [0.717, 1.165) is 34.1 Å². The summed E-state index contributed by atoms with van der Waals surface area (Å²) in [6, 6.07) is 9.66. The minimum Gasteiger partial charge on any atom is -0.472 e. The van der Waals surface area contributed by atoms with Crippen molar-refractivity contribution in [2.24, 2.45) is 0 Å². The minimum atomic E-state index is -4.45. The highest BCUT2D eigenvalue weighted by atomic mass is 32.2. The zero-order valence-corrected chi connectivity index (χ0v) is 16.1. The van der Waals surface area contributed by atoms with Crippen molar-refractivity contribution in [1.82, 2.24) is 14.9 Å². The second-order valence-electron chi connectivity index (χ2n) is 6.74. The Morgan fingerprint density at radius 1 is 1.31 bits per heavy atom. The molecule has 0 bridgehead atoms. The standard InChI is InChI=1S/C20H18F3N3O2S/c21-20(22,23)13-5-7-24-18(9-13)28-14-6-8-26(11-14)19(27)12-29-17-10-25-16-4-2-1-3-15(16)17/h1-5,7,9-10,14,25H,6,8,11-12H2. The van der Waals surface area contributed by atoms with E-state index in [4.69, 9.17) is 4.74 Å². The Balaban J connectivity index is 1.32. The number of thioether (sulfide) groups is 1. The maximum Gasteiger partial charge on any atom is 0.416 e. The Labute approximate surface area is 169 Å². The zero-order valence-electron chi connectivity index (χ0n) is 15.3. The van der Waals surface area contributed by atoms with Crippen LogP contribution in [0.4, 0.5) is 13.2 Å². The van der Waals surface area contributed by atoms with Crippen LogP contribution in [0.1, 0.15) is 12.0 Å². The number of ether oxygens (including phenoxy) is 1. The molecule has 0 saturated carbocycles. The number of aromatic amines is 1. The molecule has 1 atom stereocenters. The molecular formula is C20H18F3N3O2S. The SMILES string of the molecule is O=C(CSc1c[nH]c2ccccc12)N1CCC(Oc2cc(C(F)(F)F)ccn2)C1. The summed E-state index contributed by atoms with van der Waals surface area (Å²) in [4.78, 5) is 22.3. The largest absolute Gasteiger partial charge is 0.472 e. The molecular weight excluding hydrogens is 403 g/mol. The molecule has 1 aliphatic heterocycles. The number of hydrogen-bond acceptors (Lipinski definition) is 4. The molecule has 3 heterocycles. The van der Waals surface area contributed by atoms with Gasteiger partial charge in [0, 0.05) is 47.2 Å². The average Bonchev–Trinajstić information content (AvgIpc) is 3.33. The van der Waals surface area contributed by atoms with Gasteiger partial charge >= 0.3 is 6.18 Å². The number of nitrogens with zero attached hydrogens (tertiary/aromatic N) is 2. The molecule has 1 aliphatic rings. The van der Waals surface area contributed by atoms with E-state index in [-0.39, 0.29) is 23.6 Å². The number of halogens is 3. The van der Waals surface area contributed by atoms with Crippen LogP contribution in [0, 0.1) is 0 Å². The monoisotopic (exact) mass is 421 g/mol. The molecule has 0 radical (unpaired) electrons. The van der Waals surface area contributed by atoms with Crippen LogP contribution in [0.2, 0.25) is 0 Å². The highest BCUT2D eigenvalue weighted by molar-refractivity contribution is 8.00. The molecule has 1 aromatic carbocycles. The summed E-state index contributed by atoms with van der Waals surface area (Å²) in [6.45, 7) is 0.849. The second kappa shape index (κ2) is 7.98. The Kier molecular flexibility index (Phi) is 5.40. The topological polar surface area (TPSA) is 58.2 Å². The lowest BCUT2D eigenvalue weighted by Crippen LogP contribution is -2.32. The lowest BCUT2D eigenvalue weighted by atomic mass is 10.2. The molecule has 29 heavy (non-hydrogen) atoms. The first-order valence-electron chi connectivity index (χ1n) is 9.07. The Hall–Kier alpha value is -2.68. The molecule has 5 nitrogen and oxygen atoms in total. The third-order valence-corrected chi connectivity index (χ3v) is 5.79. The number of aromatic nitrogens is 2. The summed E-state index contributed by atoms with van der Waals surface area (Å²) in [6.07, 6.45) is -1.29. The van der Waals surface area contributed by atoms with Crippen molar-refractivity contribution in [2.75, 3.05) is 18.8 Å². The van der Waals surface area contributed by atoms with E-state index in [1.165, 1.54) is 11.8 Å². The average molecular weight is 421 g/mol. The van der Waals surface area contributed by atoms with E-state index in [9.17, 15) is 18.0 Å². The molecule has 2 aromatic heterocycles. The molecule has 152 valence electrons. The number of carbonyl (C=O) groups is 1. The predicted octanol–water partition coefficient (Wildman–Crippen LogP) is 4.35. The number of rotatable bonds is 5. The van der Waals surface area contributed by atoms with Crippen molar-refractivity contribution in [3.8, 4) is 5.88 Å². The zero-order chi connectivity index (χ0) is 20.4. The number of carbonyl (C=O) groups excluding carboxylic acids is 1. The number of H-pyrrole nitrogens is 1. The van der Waals surface area contributed by atoms with Gasteiger partial charge in [-0.3, -0.25) is 4.79 Å². The van der Waals surface area contributed by atoms with Gasteiger partial charge in [0.25, 0.3) is 0 Å². The first-order chi connectivity index (χ1) is 13.9. The molecule has 1 fully saturated rings. The number of likely N-dealkylation sites (tertiary alicyclic amines) is 1. The maximum absolute atomic E-state index is 12.8. The van der Waals surface area contributed by atoms with E-state index >= 15 is 0 Å². The van der Waals surface area contributed by atoms with Crippen molar-refractivity contribution in [3.63, 3.8) is 0 Å². The normalized spacial score (nSPS) is 17.1. The predicted molar refractivity (Wildman–Crippen MR) is 104 cm³/mol.